The number of nitrogens with zero attached hydrogens (tertiary/aromatic N) is 4. The average molecular weight is 513 g/mol. The predicted molar refractivity (Wildman–Crippen MR) is 124 cm³/mol. The summed E-state index contributed by atoms with van der Waals surface area (Å²) in [5, 5.41) is 7.89. The molecule has 7 nitrogen and oxygen atoms in total. The smallest absolute Gasteiger partial charge is 0.194 e. The Morgan fingerprint density at radius 3 is 3.00 bits per heavy atom. The van der Waals surface area contributed by atoms with Crippen molar-refractivity contribution in [3.63, 3.8) is 0 Å². The molecule has 2 aromatic heterocycles. The van der Waals surface area contributed by atoms with Crippen molar-refractivity contribution in [2.75, 3.05) is 32.8 Å². The second-order valence-corrected chi connectivity index (χ2v) is 7.79. The summed E-state index contributed by atoms with van der Waals surface area (Å²) in [5.74, 6) is 2.50. The number of aliphatic imine (C=N–C) groups is 1. The fourth-order valence-electron chi connectivity index (χ4n) is 4.04. The van der Waals surface area contributed by atoms with E-state index in [0.29, 0.717) is 5.92 Å². The van der Waals surface area contributed by atoms with Gasteiger partial charge in [-0.05, 0) is 43.4 Å². The minimum atomic E-state index is 0. The predicted octanol–water partition coefficient (Wildman–Crippen LogP) is 3.18. The third kappa shape index (κ3) is 6.21. The summed E-state index contributed by atoms with van der Waals surface area (Å²) in [6.45, 7) is 4.40. The number of aryl methyl sites for hydroxylation is 1. The van der Waals surface area contributed by atoms with E-state index in [1.807, 2.05) is 30.1 Å². The van der Waals surface area contributed by atoms with Gasteiger partial charge in [0, 0.05) is 51.8 Å². The Bertz CT molecular complexity index is 755. The number of hydrogen-bond acceptors (Lipinski definition) is 4. The normalized spacial score (nSPS) is 22.5. The van der Waals surface area contributed by atoms with Crippen molar-refractivity contribution < 1.29 is 9.15 Å². The SMILES string of the molecule is Cn1cc(C2CCN(C(=NCC3CCCCO3)NCCc3ccco3)C2)cn1.I. The number of guanidine groups is 1. The topological polar surface area (TPSA) is 67.8 Å². The van der Waals surface area contributed by atoms with Crippen LogP contribution in [0.15, 0.2) is 40.2 Å². The first-order chi connectivity index (χ1) is 13.8. The molecule has 0 bridgehead atoms. The van der Waals surface area contributed by atoms with Gasteiger partial charge in [-0.15, -0.1) is 24.0 Å². The number of likely N-dealkylation sites (tertiary alicyclic amines) is 1. The molecule has 2 unspecified atom stereocenters. The van der Waals surface area contributed by atoms with Gasteiger partial charge in [-0.2, -0.15) is 5.10 Å². The third-order valence-electron chi connectivity index (χ3n) is 5.64. The van der Waals surface area contributed by atoms with E-state index in [9.17, 15) is 0 Å². The Hall–Kier alpha value is -1.55. The van der Waals surface area contributed by atoms with Crippen LogP contribution in [-0.2, 0) is 18.2 Å². The molecule has 0 saturated carbocycles. The molecular weight excluding hydrogens is 481 g/mol. The molecule has 29 heavy (non-hydrogen) atoms. The first-order valence-corrected chi connectivity index (χ1v) is 10.4. The Balaban J connectivity index is 0.00000240. The fourth-order valence-corrected chi connectivity index (χ4v) is 4.04. The first-order valence-electron chi connectivity index (χ1n) is 10.4. The van der Waals surface area contributed by atoms with Gasteiger partial charge in [0.1, 0.15) is 5.76 Å². The Morgan fingerprint density at radius 2 is 2.28 bits per heavy atom. The Kier molecular flexibility index (Phi) is 8.40. The van der Waals surface area contributed by atoms with Crippen molar-refractivity contribution in [2.24, 2.45) is 12.0 Å². The monoisotopic (exact) mass is 513 g/mol. The van der Waals surface area contributed by atoms with Crippen molar-refractivity contribution in [1.82, 2.24) is 20.0 Å². The van der Waals surface area contributed by atoms with E-state index in [4.69, 9.17) is 14.1 Å². The molecule has 160 valence electrons. The zero-order valence-corrected chi connectivity index (χ0v) is 19.5. The molecule has 2 aromatic rings. The lowest BCUT2D eigenvalue weighted by atomic mass is 10.0. The summed E-state index contributed by atoms with van der Waals surface area (Å²) >= 11 is 0. The molecular formula is C21H32IN5O2. The van der Waals surface area contributed by atoms with Gasteiger partial charge >= 0.3 is 0 Å². The van der Waals surface area contributed by atoms with Crippen LogP contribution in [-0.4, -0.2) is 59.5 Å². The van der Waals surface area contributed by atoms with Gasteiger partial charge in [-0.1, -0.05) is 0 Å². The van der Waals surface area contributed by atoms with Crippen LogP contribution in [0.25, 0.3) is 0 Å². The summed E-state index contributed by atoms with van der Waals surface area (Å²) in [6.07, 6.45) is 11.6. The molecule has 0 amide bonds. The second-order valence-electron chi connectivity index (χ2n) is 7.79. The lowest BCUT2D eigenvalue weighted by Crippen LogP contribution is -2.41. The maximum atomic E-state index is 5.87. The lowest BCUT2D eigenvalue weighted by molar-refractivity contribution is 0.0223. The molecule has 8 heteroatoms. The van der Waals surface area contributed by atoms with E-state index in [1.165, 1.54) is 18.4 Å². The van der Waals surface area contributed by atoms with Crippen molar-refractivity contribution in [3.05, 3.63) is 42.1 Å². The minimum Gasteiger partial charge on any atom is -0.469 e. The number of ether oxygens (including phenoxy) is 1. The maximum Gasteiger partial charge on any atom is 0.194 e. The third-order valence-corrected chi connectivity index (χ3v) is 5.64. The lowest BCUT2D eigenvalue weighted by Gasteiger charge is -2.25. The molecule has 0 spiro atoms. The summed E-state index contributed by atoms with van der Waals surface area (Å²) in [7, 11) is 1.98. The zero-order valence-electron chi connectivity index (χ0n) is 17.1. The molecule has 0 aromatic carbocycles. The number of furan rings is 1. The van der Waals surface area contributed by atoms with E-state index in [-0.39, 0.29) is 30.1 Å². The van der Waals surface area contributed by atoms with Gasteiger partial charge in [0.05, 0.1) is 25.1 Å². The van der Waals surface area contributed by atoms with Crippen LogP contribution in [0.5, 0.6) is 0 Å². The molecule has 2 fully saturated rings. The summed E-state index contributed by atoms with van der Waals surface area (Å²) in [6, 6.07) is 3.95. The van der Waals surface area contributed by atoms with Crippen molar-refractivity contribution in [3.8, 4) is 0 Å². The van der Waals surface area contributed by atoms with Crippen LogP contribution in [0, 0.1) is 0 Å². The highest BCUT2D eigenvalue weighted by Crippen LogP contribution is 2.26. The quantitative estimate of drug-likeness (QED) is 0.365. The number of hydrogen-bond donors (Lipinski definition) is 1. The summed E-state index contributed by atoms with van der Waals surface area (Å²) < 4.78 is 13.2. The van der Waals surface area contributed by atoms with Crippen LogP contribution >= 0.6 is 24.0 Å². The minimum absolute atomic E-state index is 0. The highest BCUT2D eigenvalue weighted by molar-refractivity contribution is 14.0. The van der Waals surface area contributed by atoms with E-state index in [1.54, 1.807) is 6.26 Å². The number of rotatable bonds is 6. The fraction of sp³-hybridized carbons (Fsp3) is 0.619. The van der Waals surface area contributed by atoms with Gasteiger partial charge in [0.2, 0.25) is 0 Å². The molecule has 4 rings (SSSR count). The number of halogens is 1. The van der Waals surface area contributed by atoms with Gasteiger partial charge in [0.15, 0.2) is 5.96 Å². The van der Waals surface area contributed by atoms with E-state index in [2.05, 4.69) is 21.5 Å². The maximum absolute atomic E-state index is 5.87. The molecule has 0 radical (unpaired) electrons. The molecule has 2 atom stereocenters. The molecule has 0 aliphatic carbocycles. The van der Waals surface area contributed by atoms with Crippen LogP contribution in [0.1, 0.15) is 42.9 Å². The molecule has 2 saturated heterocycles. The van der Waals surface area contributed by atoms with Crippen LogP contribution in [0.3, 0.4) is 0 Å². The van der Waals surface area contributed by atoms with Crippen molar-refractivity contribution >= 4 is 29.9 Å². The van der Waals surface area contributed by atoms with E-state index in [0.717, 1.165) is 63.8 Å². The standard InChI is InChI=1S/C21H31N5O2.HI/c1-25-15-18(13-24-25)17-8-10-26(16-17)21(22-9-7-19-6-4-12-27-19)23-14-20-5-2-3-11-28-20;/h4,6,12-13,15,17,20H,2-3,5,7-11,14,16H2,1H3,(H,22,23);1H. The van der Waals surface area contributed by atoms with Gasteiger partial charge in [-0.3, -0.25) is 9.67 Å². The second kappa shape index (κ2) is 11.0. The molecule has 4 heterocycles. The highest BCUT2D eigenvalue weighted by atomic mass is 127. The van der Waals surface area contributed by atoms with Gasteiger partial charge < -0.3 is 19.4 Å². The number of aromatic nitrogens is 2. The van der Waals surface area contributed by atoms with Crippen LogP contribution in [0.4, 0.5) is 0 Å². The highest BCUT2D eigenvalue weighted by Gasteiger charge is 2.27. The summed E-state index contributed by atoms with van der Waals surface area (Å²) in [5.41, 5.74) is 1.32. The molecule has 1 N–H and O–H groups in total. The van der Waals surface area contributed by atoms with Crippen LogP contribution < -0.4 is 5.32 Å². The van der Waals surface area contributed by atoms with Crippen LogP contribution in [0.2, 0.25) is 0 Å². The largest absolute Gasteiger partial charge is 0.469 e. The van der Waals surface area contributed by atoms with Gasteiger partial charge in [-0.25, -0.2) is 0 Å². The Labute approximate surface area is 189 Å². The Morgan fingerprint density at radius 1 is 1.34 bits per heavy atom. The molecule has 2 aliphatic heterocycles. The average Bonchev–Trinajstić information content (AvgIpc) is 3.47. The van der Waals surface area contributed by atoms with E-state index >= 15 is 0 Å². The summed E-state index contributed by atoms with van der Waals surface area (Å²) in [4.78, 5) is 7.31. The van der Waals surface area contributed by atoms with Gasteiger partial charge in [0.25, 0.3) is 0 Å². The first kappa shape index (κ1) is 22.1. The van der Waals surface area contributed by atoms with Crippen molar-refractivity contribution in [2.45, 2.75) is 44.1 Å². The zero-order chi connectivity index (χ0) is 19.2. The molecule has 2 aliphatic rings. The van der Waals surface area contributed by atoms with E-state index < -0.39 is 0 Å². The number of nitrogens with one attached hydrogen (secondary N) is 1. The van der Waals surface area contributed by atoms with Crippen molar-refractivity contribution in [1.29, 1.82) is 0 Å².